The molecule has 0 amide bonds. The number of nitrogens with one attached hydrogen (secondary N) is 2. The average molecular weight is 818 g/mol. The number of H-pyrrole nitrogens is 2. The molecule has 0 fully saturated rings. The fourth-order valence-corrected chi connectivity index (χ4v) is 7.92. The number of rotatable bonds is 7. The van der Waals surface area contributed by atoms with Crippen LogP contribution in [-0.2, 0) is 12.4 Å². The minimum atomic E-state index is -4.62. The molecule has 17 heteroatoms. The molecule has 2 N–H and O–H groups in total. The van der Waals surface area contributed by atoms with Crippen LogP contribution >= 0.6 is 38.6 Å². The number of alkyl halides is 6. The first kappa shape index (κ1) is 35.4. The molecule has 0 unspecified atom stereocenters. The molecule has 0 aliphatic rings. The summed E-state index contributed by atoms with van der Waals surface area (Å²) in [5, 5.41) is 8.99. The Morgan fingerprint density at radius 3 is 1.46 bits per heavy atom. The van der Waals surface area contributed by atoms with Crippen LogP contribution in [0.5, 0.6) is 0 Å². The Labute approximate surface area is 306 Å². The summed E-state index contributed by atoms with van der Waals surface area (Å²) in [6.07, 6.45) is -9.25. The minimum absolute atomic E-state index is 0.0307. The van der Waals surface area contributed by atoms with Crippen LogP contribution in [0.2, 0.25) is 0 Å². The molecule has 266 valence electrons. The Bertz CT molecular complexity index is 2400. The van der Waals surface area contributed by atoms with Gasteiger partial charge in [0.05, 0.1) is 33.6 Å². The monoisotopic (exact) mass is 816 g/mol. The predicted octanol–water partition coefficient (Wildman–Crippen LogP) is 9.49. The molecule has 0 bridgehead atoms. The molecule has 0 atom stereocenters. The van der Waals surface area contributed by atoms with Gasteiger partial charge in [-0.05, 0) is 43.7 Å². The van der Waals surface area contributed by atoms with Crippen molar-refractivity contribution in [1.29, 1.82) is 0 Å². The zero-order chi connectivity index (χ0) is 37.1. The summed E-state index contributed by atoms with van der Waals surface area (Å²) < 4.78 is 85.6. The van der Waals surface area contributed by atoms with Crippen molar-refractivity contribution in [1.82, 2.24) is 29.5 Å². The van der Waals surface area contributed by atoms with Gasteiger partial charge in [-0.25, -0.2) is 9.97 Å². The number of benzene rings is 3. The smallest absolute Gasteiger partial charge is 0.293 e. The largest absolute Gasteiger partial charge is 0.417 e. The van der Waals surface area contributed by atoms with E-state index in [1.165, 1.54) is 47.2 Å². The number of hydrogen-bond donors (Lipinski definition) is 2. The molecule has 0 radical (unpaired) electrons. The first-order valence-electron chi connectivity index (χ1n) is 15.3. The third-order valence-corrected chi connectivity index (χ3v) is 10.6. The molecule has 4 heterocycles. The van der Waals surface area contributed by atoms with Crippen LogP contribution in [0.15, 0.2) is 97.6 Å². The van der Waals surface area contributed by atoms with Crippen molar-refractivity contribution >= 4 is 38.6 Å². The van der Waals surface area contributed by atoms with E-state index in [1.807, 2.05) is 0 Å². The van der Waals surface area contributed by atoms with Crippen molar-refractivity contribution in [3.63, 3.8) is 0 Å². The van der Waals surface area contributed by atoms with E-state index in [9.17, 15) is 35.9 Å². The normalized spacial score (nSPS) is 12.3. The van der Waals surface area contributed by atoms with Crippen LogP contribution in [-0.4, -0.2) is 29.5 Å². The van der Waals surface area contributed by atoms with Gasteiger partial charge >= 0.3 is 12.4 Å². The molecule has 0 aliphatic carbocycles. The van der Waals surface area contributed by atoms with Gasteiger partial charge in [-0.1, -0.05) is 64.5 Å². The molecule has 4 aromatic heterocycles. The SMILES string of the molecule is Cc1[nH]n(-c2nc(-c3ccccc3C(F)(F)F)cs2)c(=O)c1C(c1ccc(Br)cc1)c1c(C)[nH]n(-c2nc(-c3ccccc3C(F)(F)F)cs2)c1=O. The maximum Gasteiger partial charge on any atom is 0.417 e. The fraction of sp³-hybridized carbons (Fsp3) is 0.143. The van der Waals surface area contributed by atoms with Gasteiger partial charge in [-0.3, -0.25) is 19.8 Å². The van der Waals surface area contributed by atoms with Gasteiger partial charge in [0.1, 0.15) is 0 Å². The number of hydrogen-bond acceptors (Lipinski definition) is 6. The Morgan fingerprint density at radius 1 is 0.654 bits per heavy atom. The molecule has 3 aromatic carbocycles. The van der Waals surface area contributed by atoms with E-state index in [1.54, 1.807) is 38.1 Å². The van der Waals surface area contributed by atoms with E-state index in [0.717, 1.165) is 48.6 Å². The second-order valence-electron chi connectivity index (χ2n) is 11.7. The van der Waals surface area contributed by atoms with Crippen LogP contribution in [0.4, 0.5) is 26.3 Å². The number of aryl methyl sites for hydroxylation is 2. The fourth-order valence-electron chi connectivity index (χ4n) is 6.09. The maximum atomic E-state index is 14.3. The van der Waals surface area contributed by atoms with Gasteiger partial charge in [-0.15, -0.1) is 22.7 Å². The highest BCUT2D eigenvalue weighted by atomic mass is 79.9. The third kappa shape index (κ3) is 6.36. The van der Waals surface area contributed by atoms with Gasteiger partial charge in [0.15, 0.2) is 0 Å². The number of halogens is 7. The molecular weight excluding hydrogens is 794 g/mol. The lowest BCUT2D eigenvalue weighted by atomic mass is 9.85. The molecule has 7 rings (SSSR count). The summed E-state index contributed by atoms with van der Waals surface area (Å²) in [7, 11) is 0. The van der Waals surface area contributed by atoms with Gasteiger partial charge in [0.2, 0.25) is 10.3 Å². The van der Waals surface area contributed by atoms with E-state index in [4.69, 9.17) is 0 Å². The predicted molar refractivity (Wildman–Crippen MR) is 190 cm³/mol. The van der Waals surface area contributed by atoms with Crippen molar-refractivity contribution in [3.8, 4) is 32.8 Å². The lowest BCUT2D eigenvalue weighted by Gasteiger charge is -2.16. The van der Waals surface area contributed by atoms with E-state index in [0.29, 0.717) is 17.0 Å². The molecule has 0 aliphatic heterocycles. The number of nitrogens with zero attached hydrogens (tertiary/aromatic N) is 4. The van der Waals surface area contributed by atoms with E-state index in [2.05, 4.69) is 36.1 Å². The summed E-state index contributed by atoms with van der Waals surface area (Å²) in [6.45, 7) is 3.27. The molecule has 0 spiro atoms. The van der Waals surface area contributed by atoms with Crippen LogP contribution in [0.3, 0.4) is 0 Å². The molecule has 0 saturated carbocycles. The lowest BCUT2D eigenvalue weighted by molar-refractivity contribution is -0.137. The van der Waals surface area contributed by atoms with Crippen molar-refractivity contribution in [2.24, 2.45) is 0 Å². The van der Waals surface area contributed by atoms with Crippen molar-refractivity contribution in [2.45, 2.75) is 32.1 Å². The highest BCUT2D eigenvalue weighted by Gasteiger charge is 2.36. The number of aromatic nitrogens is 6. The Kier molecular flexibility index (Phi) is 8.99. The Morgan fingerprint density at radius 2 is 1.06 bits per heavy atom. The zero-order valence-electron chi connectivity index (χ0n) is 26.7. The van der Waals surface area contributed by atoms with Crippen LogP contribution in [0.25, 0.3) is 32.8 Å². The van der Waals surface area contributed by atoms with Crippen LogP contribution in [0, 0.1) is 13.8 Å². The first-order valence-corrected chi connectivity index (χ1v) is 17.8. The standard InChI is InChI=1S/C35H23BrF6N6O2S2/c1-17-27(30(49)47(45-17)32-43-25(15-51-32)21-7-3-5-9-23(21)34(37,38)39)29(19-11-13-20(36)14-12-19)28-18(2)46-48(31(28)50)33-44-26(16-52-33)22-8-4-6-10-24(22)35(40,41)42/h3-16,29,45-46H,1-2H3. The molecule has 52 heavy (non-hydrogen) atoms. The summed E-state index contributed by atoms with van der Waals surface area (Å²) >= 11 is 5.35. The highest BCUT2D eigenvalue weighted by Crippen LogP contribution is 2.39. The number of thiazole rings is 2. The lowest BCUT2D eigenvalue weighted by Crippen LogP contribution is -2.25. The van der Waals surface area contributed by atoms with Crippen molar-refractivity contribution < 1.29 is 26.3 Å². The van der Waals surface area contributed by atoms with Gasteiger partial charge in [0, 0.05) is 43.7 Å². The molecule has 8 nitrogen and oxygen atoms in total. The van der Waals surface area contributed by atoms with E-state index >= 15 is 0 Å². The van der Waals surface area contributed by atoms with Crippen molar-refractivity contribution in [2.75, 3.05) is 0 Å². The van der Waals surface area contributed by atoms with E-state index in [-0.39, 0.29) is 43.9 Å². The quantitative estimate of drug-likeness (QED) is 0.157. The third-order valence-electron chi connectivity index (χ3n) is 8.40. The van der Waals surface area contributed by atoms with Crippen LogP contribution < -0.4 is 11.1 Å². The Hall–Kier alpha value is -5.00. The van der Waals surface area contributed by atoms with Gasteiger partial charge in [0.25, 0.3) is 11.1 Å². The van der Waals surface area contributed by atoms with Crippen LogP contribution in [0.1, 0.15) is 45.1 Å². The zero-order valence-corrected chi connectivity index (χ0v) is 29.9. The van der Waals surface area contributed by atoms with E-state index < -0.39 is 40.5 Å². The molecule has 7 aromatic rings. The second kappa shape index (κ2) is 13.2. The Balaban J connectivity index is 1.34. The summed E-state index contributed by atoms with van der Waals surface area (Å²) in [5.74, 6) is -0.959. The minimum Gasteiger partial charge on any atom is -0.293 e. The summed E-state index contributed by atoms with van der Waals surface area (Å²) in [5.41, 5.74) is -1.44. The second-order valence-corrected chi connectivity index (χ2v) is 14.3. The summed E-state index contributed by atoms with van der Waals surface area (Å²) in [6, 6.07) is 17.0. The molecule has 0 saturated heterocycles. The van der Waals surface area contributed by atoms with Gasteiger partial charge in [-0.2, -0.15) is 35.7 Å². The van der Waals surface area contributed by atoms with Gasteiger partial charge < -0.3 is 0 Å². The van der Waals surface area contributed by atoms with Crippen molar-refractivity contribution in [3.05, 3.63) is 148 Å². The number of aromatic amines is 2. The summed E-state index contributed by atoms with van der Waals surface area (Å²) in [4.78, 5) is 37.3. The first-order chi connectivity index (χ1) is 24.6. The molecular formula is C35H23BrF6N6O2S2. The average Bonchev–Trinajstić information content (AvgIpc) is 3.89. The maximum absolute atomic E-state index is 14.3. The highest BCUT2D eigenvalue weighted by molar-refractivity contribution is 9.10. The topological polar surface area (TPSA) is 101 Å².